The van der Waals surface area contributed by atoms with Gasteiger partial charge in [-0.3, -0.25) is 4.98 Å². The molecular formula is C18H18N2. The van der Waals surface area contributed by atoms with E-state index in [0.29, 0.717) is 0 Å². The second-order valence-electron chi connectivity index (χ2n) is 4.89. The molecule has 1 heterocycles. The predicted octanol–water partition coefficient (Wildman–Crippen LogP) is 4.01. The van der Waals surface area contributed by atoms with Crippen molar-refractivity contribution in [3.63, 3.8) is 0 Å². The van der Waals surface area contributed by atoms with Crippen molar-refractivity contribution in [2.45, 2.75) is 13.5 Å². The third kappa shape index (κ3) is 2.56. The summed E-state index contributed by atoms with van der Waals surface area (Å²) in [6.45, 7) is 4.01. The standard InChI is InChI=1S/C18H18N2/c1-2-19-11-14-6-5-8-15(10-14)18-13-20-12-16-7-3-4-9-17(16)18/h3-10,12-13,19H,2,11H2,1H3. The Kier molecular flexibility index (Phi) is 3.75. The number of hydrogen-bond acceptors (Lipinski definition) is 2. The van der Waals surface area contributed by atoms with Crippen LogP contribution in [0.15, 0.2) is 60.9 Å². The number of rotatable bonds is 4. The fourth-order valence-corrected chi connectivity index (χ4v) is 2.46. The number of benzene rings is 2. The van der Waals surface area contributed by atoms with Crippen LogP contribution >= 0.6 is 0 Å². The van der Waals surface area contributed by atoms with E-state index >= 15 is 0 Å². The van der Waals surface area contributed by atoms with Gasteiger partial charge in [0.1, 0.15) is 0 Å². The van der Waals surface area contributed by atoms with Crippen molar-refractivity contribution < 1.29 is 0 Å². The van der Waals surface area contributed by atoms with Gasteiger partial charge in [-0.1, -0.05) is 49.4 Å². The maximum Gasteiger partial charge on any atom is 0.0352 e. The van der Waals surface area contributed by atoms with Gasteiger partial charge in [-0.05, 0) is 29.1 Å². The van der Waals surface area contributed by atoms with E-state index in [0.717, 1.165) is 13.1 Å². The lowest BCUT2D eigenvalue weighted by atomic mass is 9.99. The molecule has 3 aromatic rings. The molecule has 0 aliphatic heterocycles. The normalized spacial score (nSPS) is 10.8. The fourth-order valence-electron chi connectivity index (χ4n) is 2.46. The van der Waals surface area contributed by atoms with Gasteiger partial charge in [0.05, 0.1) is 0 Å². The molecule has 0 unspecified atom stereocenters. The molecule has 2 aromatic carbocycles. The Morgan fingerprint density at radius 3 is 2.80 bits per heavy atom. The van der Waals surface area contributed by atoms with Crippen LogP contribution in [-0.4, -0.2) is 11.5 Å². The molecule has 0 aliphatic rings. The first-order valence-corrected chi connectivity index (χ1v) is 7.01. The molecule has 3 rings (SSSR count). The summed E-state index contributed by atoms with van der Waals surface area (Å²) >= 11 is 0. The van der Waals surface area contributed by atoms with Crippen molar-refractivity contribution in [2.24, 2.45) is 0 Å². The Bertz CT molecular complexity index is 714. The molecule has 0 bridgehead atoms. The van der Waals surface area contributed by atoms with Crippen LogP contribution in [-0.2, 0) is 6.54 Å². The first kappa shape index (κ1) is 12.8. The number of hydrogen-bond donors (Lipinski definition) is 1. The van der Waals surface area contributed by atoms with Crippen LogP contribution in [0, 0.1) is 0 Å². The van der Waals surface area contributed by atoms with Crippen molar-refractivity contribution in [1.29, 1.82) is 0 Å². The predicted molar refractivity (Wildman–Crippen MR) is 84.6 cm³/mol. The lowest BCUT2D eigenvalue weighted by molar-refractivity contribution is 0.727. The fraction of sp³-hybridized carbons (Fsp3) is 0.167. The van der Waals surface area contributed by atoms with Gasteiger partial charge in [0.2, 0.25) is 0 Å². The molecule has 0 amide bonds. The highest BCUT2D eigenvalue weighted by molar-refractivity contribution is 5.95. The SMILES string of the molecule is CCNCc1cccc(-c2cncc3ccccc23)c1. The molecule has 1 aromatic heterocycles. The number of pyridine rings is 1. The molecule has 0 radical (unpaired) electrons. The first-order chi connectivity index (χ1) is 9.88. The number of fused-ring (bicyclic) bond motifs is 1. The Balaban J connectivity index is 2.06. The zero-order valence-corrected chi connectivity index (χ0v) is 11.6. The summed E-state index contributed by atoms with van der Waals surface area (Å²) < 4.78 is 0. The van der Waals surface area contributed by atoms with E-state index in [1.165, 1.54) is 27.5 Å². The molecule has 0 fully saturated rings. The lowest BCUT2D eigenvalue weighted by Crippen LogP contribution is -2.11. The molecule has 0 aliphatic carbocycles. The van der Waals surface area contributed by atoms with Crippen LogP contribution in [0.2, 0.25) is 0 Å². The van der Waals surface area contributed by atoms with Crippen LogP contribution in [0.4, 0.5) is 0 Å². The van der Waals surface area contributed by atoms with E-state index in [4.69, 9.17) is 0 Å². The van der Waals surface area contributed by atoms with Gasteiger partial charge in [0.15, 0.2) is 0 Å². The van der Waals surface area contributed by atoms with E-state index in [9.17, 15) is 0 Å². The number of nitrogens with zero attached hydrogens (tertiary/aromatic N) is 1. The molecule has 0 saturated carbocycles. The maximum atomic E-state index is 4.37. The molecule has 100 valence electrons. The summed E-state index contributed by atoms with van der Waals surface area (Å²) in [5.74, 6) is 0. The number of aromatic nitrogens is 1. The Hall–Kier alpha value is -2.19. The van der Waals surface area contributed by atoms with Crippen molar-refractivity contribution in [3.05, 3.63) is 66.5 Å². The largest absolute Gasteiger partial charge is 0.313 e. The zero-order valence-electron chi connectivity index (χ0n) is 11.6. The molecule has 2 heteroatoms. The Morgan fingerprint density at radius 1 is 1.00 bits per heavy atom. The average Bonchev–Trinajstić information content (AvgIpc) is 2.52. The van der Waals surface area contributed by atoms with Crippen LogP contribution < -0.4 is 5.32 Å². The molecule has 0 saturated heterocycles. The van der Waals surface area contributed by atoms with Gasteiger partial charge in [-0.25, -0.2) is 0 Å². The van der Waals surface area contributed by atoms with Crippen LogP contribution in [0.3, 0.4) is 0 Å². The highest BCUT2D eigenvalue weighted by Crippen LogP contribution is 2.27. The summed E-state index contributed by atoms with van der Waals surface area (Å²) in [5, 5.41) is 5.80. The smallest absolute Gasteiger partial charge is 0.0352 e. The maximum absolute atomic E-state index is 4.37. The van der Waals surface area contributed by atoms with Gasteiger partial charge >= 0.3 is 0 Å². The average molecular weight is 262 g/mol. The van der Waals surface area contributed by atoms with Crippen LogP contribution in [0.5, 0.6) is 0 Å². The van der Waals surface area contributed by atoms with Crippen LogP contribution in [0.1, 0.15) is 12.5 Å². The summed E-state index contributed by atoms with van der Waals surface area (Å²) in [5.41, 5.74) is 3.73. The van der Waals surface area contributed by atoms with E-state index in [2.05, 4.69) is 65.8 Å². The summed E-state index contributed by atoms with van der Waals surface area (Å²) in [4.78, 5) is 4.37. The van der Waals surface area contributed by atoms with Gasteiger partial charge in [-0.15, -0.1) is 0 Å². The van der Waals surface area contributed by atoms with Crippen LogP contribution in [0.25, 0.3) is 21.9 Å². The minimum Gasteiger partial charge on any atom is -0.313 e. The zero-order chi connectivity index (χ0) is 13.8. The minimum absolute atomic E-state index is 0.905. The van der Waals surface area contributed by atoms with E-state index in [-0.39, 0.29) is 0 Å². The van der Waals surface area contributed by atoms with Gasteiger partial charge in [0, 0.05) is 29.9 Å². The molecule has 0 spiro atoms. The topological polar surface area (TPSA) is 24.9 Å². The third-order valence-electron chi connectivity index (χ3n) is 3.49. The number of nitrogens with one attached hydrogen (secondary N) is 1. The highest BCUT2D eigenvalue weighted by atomic mass is 14.8. The summed E-state index contributed by atoms with van der Waals surface area (Å²) in [6, 6.07) is 17.1. The lowest BCUT2D eigenvalue weighted by Gasteiger charge is -2.08. The summed E-state index contributed by atoms with van der Waals surface area (Å²) in [7, 11) is 0. The molecule has 2 nitrogen and oxygen atoms in total. The Morgan fingerprint density at radius 2 is 1.90 bits per heavy atom. The van der Waals surface area contributed by atoms with Gasteiger partial charge in [0.25, 0.3) is 0 Å². The van der Waals surface area contributed by atoms with E-state index in [1.807, 2.05) is 12.4 Å². The van der Waals surface area contributed by atoms with Crippen molar-refractivity contribution in [3.8, 4) is 11.1 Å². The monoisotopic (exact) mass is 262 g/mol. The summed E-state index contributed by atoms with van der Waals surface area (Å²) in [6.07, 6.45) is 3.87. The molecule has 1 N–H and O–H groups in total. The first-order valence-electron chi connectivity index (χ1n) is 7.01. The van der Waals surface area contributed by atoms with Crippen molar-refractivity contribution in [2.75, 3.05) is 6.54 Å². The van der Waals surface area contributed by atoms with E-state index in [1.54, 1.807) is 0 Å². The molecular weight excluding hydrogens is 244 g/mol. The van der Waals surface area contributed by atoms with Gasteiger partial charge in [-0.2, -0.15) is 0 Å². The molecule has 20 heavy (non-hydrogen) atoms. The van der Waals surface area contributed by atoms with E-state index < -0.39 is 0 Å². The second kappa shape index (κ2) is 5.85. The minimum atomic E-state index is 0.905. The van der Waals surface area contributed by atoms with Gasteiger partial charge < -0.3 is 5.32 Å². The molecule has 0 atom stereocenters. The second-order valence-corrected chi connectivity index (χ2v) is 4.89. The highest BCUT2D eigenvalue weighted by Gasteiger charge is 2.04. The quantitative estimate of drug-likeness (QED) is 0.768. The third-order valence-corrected chi connectivity index (χ3v) is 3.49. The van der Waals surface area contributed by atoms with Crippen molar-refractivity contribution in [1.82, 2.24) is 10.3 Å². The van der Waals surface area contributed by atoms with Crippen molar-refractivity contribution >= 4 is 10.8 Å². The Labute approximate surface area is 119 Å².